The first-order valence-corrected chi connectivity index (χ1v) is 8.29. The molecular formula is C13H19N3O2S2. The summed E-state index contributed by atoms with van der Waals surface area (Å²) in [6, 6.07) is 1.64. The molecule has 1 unspecified atom stereocenters. The molecule has 7 heteroatoms. The van der Waals surface area contributed by atoms with Crippen molar-refractivity contribution in [3.63, 3.8) is 0 Å². The van der Waals surface area contributed by atoms with E-state index in [0.29, 0.717) is 4.88 Å². The number of thiophene rings is 1. The van der Waals surface area contributed by atoms with Gasteiger partial charge in [0.2, 0.25) is 0 Å². The molecule has 1 atom stereocenters. The molecule has 5 nitrogen and oxygen atoms in total. The minimum absolute atomic E-state index is 0.0597. The summed E-state index contributed by atoms with van der Waals surface area (Å²) in [5, 5.41) is 12.7. The first kappa shape index (κ1) is 15.2. The average Bonchev–Trinajstić information content (AvgIpc) is 2.98. The van der Waals surface area contributed by atoms with E-state index >= 15 is 0 Å². The predicted octanol–water partition coefficient (Wildman–Crippen LogP) is 2.31. The first-order valence-electron chi connectivity index (χ1n) is 6.66. The standard InChI is InChI=1S/C13H19N3O2S2/c1-4-16(5-2)13-15-12-10(20-13)6-9(19-12)11(18)14-8(3)7-17/h6,8,17H,4-5,7H2,1-3H3,(H,14,18). The molecule has 1 amide bonds. The van der Waals surface area contributed by atoms with Gasteiger partial charge in [-0.25, -0.2) is 4.98 Å². The number of fused-ring (bicyclic) bond motifs is 1. The van der Waals surface area contributed by atoms with Gasteiger partial charge in [0.05, 0.1) is 16.2 Å². The highest BCUT2D eigenvalue weighted by Crippen LogP contribution is 2.34. The number of nitrogens with one attached hydrogen (secondary N) is 1. The van der Waals surface area contributed by atoms with Crippen LogP contribution in [-0.4, -0.2) is 41.7 Å². The Hall–Kier alpha value is -1.18. The van der Waals surface area contributed by atoms with Crippen molar-refractivity contribution in [1.29, 1.82) is 0 Å². The largest absolute Gasteiger partial charge is 0.394 e. The van der Waals surface area contributed by atoms with E-state index < -0.39 is 0 Å². The Morgan fingerprint density at radius 3 is 2.70 bits per heavy atom. The van der Waals surface area contributed by atoms with Gasteiger partial charge in [-0.2, -0.15) is 0 Å². The van der Waals surface area contributed by atoms with Crippen LogP contribution in [0.3, 0.4) is 0 Å². The van der Waals surface area contributed by atoms with Crippen molar-refractivity contribution in [2.45, 2.75) is 26.8 Å². The van der Waals surface area contributed by atoms with Crippen LogP contribution in [0, 0.1) is 0 Å². The lowest BCUT2D eigenvalue weighted by Gasteiger charge is -2.16. The molecule has 0 bridgehead atoms. The van der Waals surface area contributed by atoms with Crippen LogP contribution in [-0.2, 0) is 0 Å². The van der Waals surface area contributed by atoms with Crippen LogP contribution in [0.5, 0.6) is 0 Å². The van der Waals surface area contributed by atoms with Crippen molar-refractivity contribution >= 4 is 43.2 Å². The lowest BCUT2D eigenvalue weighted by Crippen LogP contribution is -2.34. The van der Waals surface area contributed by atoms with Gasteiger partial charge in [-0.05, 0) is 26.8 Å². The number of hydrogen-bond acceptors (Lipinski definition) is 6. The molecule has 0 spiro atoms. The number of aliphatic hydroxyl groups excluding tert-OH is 1. The summed E-state index contributed by atoms with van der Waals surface area (Å²) in [6.07, 6.45) is 0. The van der Waals surface area contributed by atoms with Gasteiger partial charge in [-0.1, -0.05) is 11.3 Å². The average molecular weight is 313 g/mol. The minimum atomic E-state index is -0.234. The van der Waals surface area contributed by atoms with Gasteiger partial charge >= 0.3 is 0 Å². The zero-order valence-electron chi connectivity index (χ0n) is 11.8. The van der Waals surface area contributed by atoms with E-state index in [9.17, 15) is 4.79 Å². The Morgan fingerprint density at radius 2 is 2.15 bits per heavy atom. The van der Waals surface area contributed by atoms with Crippen LogP contribution >= 0.6 is 22.7 Å². The Labute approximate surface area is 126 Å². The van der Waals surface area contributed by atoms with Gasteiger partial charge in [-0.15, -0.1) is 11.3 Å². The molecule has 0 aliphatic heterocycles. The van der Waals surface area contributed by atoms with Crippen molar-refractivity contribution < 1.29 is 9.90 Å². The molecule has 2 rings (SSSR count). The molecule has 0 saturated carbocycles. The lowest BCUT2D eigenvalue weighted by molar-refractivity contribution is 0.0926. The molecule has 2 N–H and O–H groups in total. The first-order chi connectivity index (χ1) is 9.58. The molecule has 0 radical (unpaired) electrons. The van der Waals surface area contributed by atoms with Gasteiger partial charge in [0.1, 0.15) is 4.83 Å². The summed E-state index contributed by atoms with van der Waals surface area (Å²) in [5.74, 6) is -0.147. The molecule has 2 aromatic heterocycles. The lowest BCUT2D eigenvalue weighted by atomic mass is 10.3. The Morgan fingerprint density at radius 1 is 1.45 bits per heavy atom. The Balaban J connectivity index is 2.19. The quantitative estimate of drug-likeness (QED) is 0.859. The van der Waals surface area contributed by atoms with Crippen LogP contribution in [0.2, 0.25) is 0 Å². The second-order valence-corrected chi connectivity index (χ2v) is 6.55. The molecule has 0 aliphatic rings. The van der Waals surface area contributed by atoms with Crippen LogP contribution in [0.25, 0.3) is 9.53 Å². The van der Waals surface area contributed by atoms with Crippen LogP contribution in [0.1, 0.15) is 30.4 Å². The highest BCUT2D eigenvalue weighted by atomic mass is 32.1. The Kier molecular flexibility index (Phi) is 4.95. The third-order valence-electron chi connectivity index (χ3n) is 2.99. The fourth-order valence-corrected chi connectivity index (χ4v) is 4.05. The van der Waals surface area contributed by atoms with E-state index in [-0.39, 0.29) is 18.6 Å². The van der Waals surface area contributed by atoms with Crippen molar-refractivity contribution in [3.05, 3.63) is 10.9 Å². The summed E-state index contributed by atoms with van der Waals surface area (Å²) >= 11 is 3.01. The second-order valence-electron chi connectivity index (χ2n) is 4.51. The highest BCUT2D eigenvalue weighted by molar-refractivity contribution is 7.29. The van der Waals surface area contributed by atoms with E-state index in [2.05, 4.69) is 29.0 Å². The fraction of sp³-hybridized carbons (Fsp3) is 0.538. The predicted molar refractivity (Wildman–Crippen MR) is 85.1 cm³/mol. The maximum atomic E-state index is 12.0. The van der Waals surface area contributed by atoms with Crippen LogP contribution < -0.4 is 10.2 Å². The van der Waals surface area contributed by atoms with E-state index in [1.807, 2.05) is 6.07 Å². The maximum Gasteiger partial charge on any atom is 0.261 e. The minimum Gasteiger partial charge on any atom is -0.394 e. The summed E-state index contributed by atoms with van der Waals surface area (Å²) in [5.41, 5.74) is 0. The molecule has 0 fully saturated rings. The van der Waals surface area contributed by atoms with Crippen LogP contribution in [0.15, 0.2) is 6.07 Å². The van der Waals surface area contributed by atoms with Crippen molar-refractivity contribution in [3.8, 4) is 0 Å². The maximum absolute atomic E-state index is 12.0. The van der Waals surface area contributed by atoms with E-state index in [0.717, 1.165) is 27.8 Å². The SMILES string of the molecule is CCN(CC)c1nc2sc(C(=O)NC(C)CO)cc2s1. The van der Waals surface area contributed by atoms with Gasteiger partial charge in [-0.3, -0.25) is 4.79 Å². The molecule has 2 aromatic rings. The summed E-state index contributed by atoms with van der Waals surface area (Å²) < 4.78 is 1.04. The monoisotopic (exact) mass is 313 g/mol. The van der Waals surface area contributed by atoms with E-state index in [1.54, 1.807) is 18.3 Å². The smallest absolute Gasteiger partial charge is 0.261 e. The number of thiazole rings is 1. The highest BCUT2D eigenvalue weighted by Gasteiger charge is 2.16. The second kappa shape index (κ2) is 6.51. The van der Waals surface area contributed by atoms with Crippen molar-refractivity contribution in [1.82, 2.24) is 10.3 Å². The number of amides is 1. The molecule has 0 saturated heterocycles. The number of nitrogens with zero attached hydrogens (tertiary/aromatic N) is 2. The van der Waals surface area contributed by atoms with E-state index in [1.165, 1.54) is 11.3 Å². The zero-order valence-corrected chi connectivity index (χ0v) is 13.5. The van der Waals surface area contributed by atoms with E-state index in [4.69, 9.17) is 5.11 Å². The van der Waals surface area contributed by atoms with Crippen molar-refractivity contribution in [2.24, 2.45) is 0 Å². The molecule has 20 heavy (non-hydrogen) atoms. The Bertz CT molecular complexity index is 558. The number of hydrogen-bond donors (Lipinski definition) is 2. The molecular weight excluding hydrogens is 294 g/mol. The number of aliphatic hydroxyl groups is 1. The molecule has 110 valence electrons. The normalized spacial score (nSPS) is 12.6. The third-order valence-corrected chi connectivity index (χ3v) is 5.21. The van der Waals surface area contributed by atoms with Gasteiger partial charge in [0, 0.05) is 19.1 Å². The number of anilines is 1. The third kappa shape index (κ3) is 3.11. The molecule has 2 heterocycles. The van der Waals surface area contributed by atoms with Gasteiger partial charge < -0.3 is 15.3 Å². The zero-order chi connectivity index (χ0) is 14.7. The fourth-order valence-electron chi connectivity index (χ4n) is 1.81. The molecule has 0 aromatic carbocycles. The topological polar surface area (TPSA) is 65.5 Å². The van der Waals surface area contributed by atoms with Gasteiger partial charge in [0.15, 0.2) is 5.13 Å². The number of carbonyl (C=O) groups is 1. The summed E-state index contributed by atoms with van der Waals surface area (Å²) in [6.45, 7) is 7.78. The number of carbonyl (C=O) groups excluding carboxylic acids is 1. The summed E-state index contributed by atoms with van der Waals surface area (Å²) in [4.78, 5) is 20.3. The number of rotatable bonds is 6. The number of aromatic nitrogens is 1. The van der Waals surface area contributed by atoms with Crippen molar-refractivity contribution in [2.75, 3.05) is 24.6 Å². The molecule has 0 aliphatic carbocycles. The summed E-state index contributed by atoms with van der Waals surface area (Å²) in [7, 11) is 0. The van der Waals surface area contributed by atoms with Crippen LogP contribution in [0.4, 0.5) is 5.13 Å². The van der Waals surface area contributed by atoms with Gasteiger partial charge in [0.25, 0.3) is 5.91 Å².